The lowest BCUT2D eigenvalue weighted by Crippen LogP contribution is -2.12. The summed E-state index contributed by atoms with van der Waals surface area (Å²) in [7, 11) is 0. The van der Waals surface area contributed by atoms with Crippen LogP contribution in [0.4, 0.5) is 4.39 Å². The number of rotatable bonds is 15. The Morgan fingerprint density at radius 3 is 2.10 bits per heavy atom. The van der Waals surface area contributed by atoms with Gasteiger partial charge >= 0.3 is 5.97 Å². The Hall–Kier alpha value is -3.48. The molecule has 0 unspecified atom stereocenters. The zero-order valence-electron chi connectivity index (χ0n) is 22.9. The first kappa shape index (κ1) is 30.1. The number of esters is 1. The highest BCUT2D eigenvalue weighted by Crippen LogP contribution is 2.29. The van der Waals surface area contributed by atoms with Gasteiger partial charge in [0.15, 0.2) is 0 Å². The molecule has 0 fully saturated rings. The van der Waals surface area contributed by atoms with E-state index in [9.17, 15) is 15.0 Å². The van der Waals surface area contributed by atoms with Crippen molar-refractivity contribution in [3.8, 4) is 16.9 Å². The molecule has 0 aliphatic rings. The Balaban J connectivity index is 1.56. The quantitative estimate of drug-likeness (QED) is 0.145. The molecule has 3 rings (SSSR count). The minimum absolute atomic E-state index is 0.0249. The number of halogens is 1. The van der Waals surface area contributed by atoms with Crippen molar-refractivity contribution < 1.29 is 28.9 Å². The molecule has 208 valence electrons. The average molecular weight is 535 g/mol. The molecule has 0 aliphatic carbocycles. The number of aryl methyl sites for hydroxylation is 4. The monoisotopic (exact) mass is 534 g/mol. The van der Waals surface area contributed by atoms with Crippen LogP contribution in [0.1, 0.15) is 42.5 Å². The maximum absolute atomic E-state index is 15.2. The number of benzene rings is 3. The molecule has 0 atom stereocenters. The van der Waals surface area contributed by atoms with E-state index in [-0.39, 0.29) is 38.2 Å². The second kappa shape index (κ2) is 15.2. The molecule has 0 heterocycles. The Kier molecular flexibility index (Phi) is 11.7. The summed E-state index contributed by atoms with van der Waals surface area (Å²) in [6.45, 7) is 7.58. The third kappa shape index (κ3) is 9.05. The highest BCUT2D eigenvalue weighted by molar-refractivity contribution is 5.86. The topological polar surface area (TPSA) is 76.0 Å². The first-order valence-corrected chi connectivity index (χ1v) is 13.5. The number of hydrogen-bond acceptors (Lipinski definition) is 5. The van der Waals surface area contributed by atoms with Gasteiger partial charge < -0.3 is 19.7 Å². The van der Waals surface area contributed by atoms with Gasteiger partial charge in [0.25, 0.3) is 0 Å². The van der Waals surface area contributed by atoms with Crippen LogP contribution in [0.25, 0.3) is 11.1 Å². The van der Waals surface area contributed by atoms with Gasteiger partial charge in [-0.1, -0.05) is 56.0 Å². The lowest BCUT2D eigenvalue weighted by atomic mass is 9.92. The van der Waals surface area contributed by atoms with Crippen LogP contribution < -0.4 is 4.74 Å². The summed E-state index contributed by atoms with van der Waals surface area (Å²) in [5.74, 6) is -0.0763. The molecule has 0 radical (unpaired) electrons. The molecule has 3 aromatic carbocycles. The van der Waals surface area contributed by atoms with E-state index in [1.54, 1.807) is 13.0 Å². The molecule has 0 spiro atoms. The normalized spacial score (nSPS) is 11.0. The van der Waals surface area contributed by atoms with Crippen LogP contribution in [0, 0.1) is 11.7 Å². The molecular weight excluding hydrogens is 495 g/mol. The van der Waals surface area contributed by atoms with Crippen molar-refractivity contribution in [2.75, 3.05) is 26.4 Å². The van der Waals surface area contributed by atoms with Gasteiger partial charge in [-0.15, -0.1) is 0 Å². The van der Waals surface area contributed by atoms with Gasteiger partial charge in [-0.2, -0.15) is 0 Å². The van der Waals surface area contributed by atoms with Crippen molar-refractivity contribution in [3.05, 3.63) is 101 Å². The van der Waals surface area contributed by atoms with Crippen LogP contribution in [-0.2, 0) is 35.2 Å². The number of aliphatic hydroxyl groups is 2. The fourth-order valence-electron chi connectivity index (χ4n) is 4.36. The van der Waals surface area contributed by atoms with Gasteiger partial charge in [0.05, 0.1) is 0 Å². The summed E-state index contributed by atoms with van der Waals surface area (Å²) in [6, 6.07) is 19.3. The zero-order chi connectivity index (χ0) is 28.2. The van der Waals surface area contributed by atoms with E-state index in [4.69, 9.17) is 9.47 Å². The van der Waals surface area contributed by atoms with E-state index in [1.165, 1.54) is 0 Å². The molecule has 6 heteroatoms. The fraction of sp³-hybridized carbons (Fsp3) is 0.364. The number of carbonyl (C=O) groups is 1. The third-order valence-corrected chi connectivity index (χ3v) is 6.79. The molecule has 39 heavy (non-hydrogen) atoms. The van der Waals surface area contributed by atoms with Crippen molar-refractivity contribution in [3.63, 3.8) is 0 Å². The summed E-state index contributed by atoms with van der Waals surface area (Å²) < 4.78 is 25.8. The predicted octanol–water partition coefficient (Wildman–Crippen LogP) is 5.87. The van der Waals surface area contributed by atoms with Crippen LogP contribution in [0.15, 0.2) is 72.8 Å². The second-order valence-corrected chi connectivity index (χ2v) is 9.84. The maximum Gasteiger partial charge on any atom is 0.333 e. The summed E-state index contributed by atoms with van der Waals surface area (Å²) in [6.07, 6.45) is 3.74. The van der Waals surface area contributed by atoms with Crippen molar-refractivity contribution in [1.29, 1.82) is 0 Å². The number of hydrogen-bond donors (Lipinski definition) is 2. The van der Waals surface area contributed by atoms with E-state index in [0.29, 0.717) is 29.7 Å². The number of aliphatic hydroxyl groups excluding tert-OH is 2. The first-order valence-electron chi connectivity index (χ1n) is 13.5. The molecule has 3 aromatic rings. The van der Waals surface area contributed by atoms with Crippen LogP contribution in [0.2, 0.25) is 0 Å². The minimum atomic E-state index is -0.426. The van der Waals surface area contributed by atoms with Crippen LogP contribution in [0.3, 0.4) is 0 Å². The van der Waals surface area contributed by atoms with E-state index in [0.717, 1.165) is 47.1 Å². The molecular formula is C33H39FO5. The molecule has 0 saturated carbocycles. The van der Waals surface area contributed by atoms with Crippen molar-refractivity contribution in [2.24, 2.45) is 5.92 Å². The fourth-order valence-corrected chi connectivity index (χ4v) is 4.36. The highest BCUT2D eigenvalue weighted by Gasteiger charge is 2.12. The predicted molar refractivity (Wildman–Crippen MR) is 152 cm³/mol. The van der Waals surface area contributed by atoms with Gasteiger partial charge in [-0.05, 0) is 85.0 Å². The maximum atomic E-state index is 15.2. The Morgan fingerprint density at radius 1 is 0.872 bits per heavy atom. The molecule has 5 nitrogen and oxygen atoms in total. The molecule has 0 amide bonds. The van der Waals surface area contributed by atoms with E-state index < -0.39 is 5.97 Å². The molecule has 0 bridgehead atoms. The smallest absolute Gasteiger partial charge is 0.333 e. The second-order valence-electron chi connectivity index (χ2n) is 9.84. The Labute approximate surface area is 230 Å². The third-order valence-electron chi connectivity index (χ3n) is 6.79. The Bertz CT molecular complexity index is 1230. The standard InChI is InChI=1S/C33H39FO5/c1-4-28-19-25(7-8-27(21-35)22-36)11-15-30(28)31-16-12-26(20-32(31)34)6-5-24-9-13-29(14-10-24)38-17-18-39-33(37)23(2)3/h9-16,19-20,27,35-36H,2,4-8,17-18,21-22H2,1,3H3. The lowest BCUT2D eigenvalue weighted by Gasteiger charge is -2.14. The lowest BCUT2D eigenvalue weighted by molar-refractivity contribution is -0.139. The molecule has 0 aromatic heterocycles. The summed E-state index contributed by atoms with van der Waals surface area (Å²) in [5, 5.41) is 18.6. The SMILES string of the molecule is C=C(C)C(=O)OCCOc1ccc(CCc2ccc(-c3ccc(CCC(CO)CO)cc3CC)c(F)c2)cc1. The Morgan fingerprint density at radius 2 is 1.49 bits per heavy atom. The van der Waals surface area contributed by atoms with Crippen molar-refractivity contribution in [2.45, 2.75) is 46.0 Å². The zero-order valence-corrected chi connectivity index (χ0v) is 22.9. The number of carbonyl (C=O) groups excluding carboxylic acids is 1. The largest absolute Gasteiger partial charge is 0.490 e. The molecule has 0 aliphatic heterocycles. The van der Waals surface area contributed by atoms with E-state index >= 15 is 4.39 Å². The van der Waals surface area contributed by atoms with Gasteiger partial charge in [0.1, 0.15) is 24.8 Å². The van der Waals surface area contributed by atoms with E-state index in [1.807, 2.05) is 48.5 Å². The van der Waals surface area contributed by atoms with Gasteiger partial charge in [-0.3, -0.25) is 0 Å². The summed E-state index contributed by atoms with van der Waals surface area (Å²) >= 11 is 0. The van der Waals surface area contributed by atoms with Crippen LogP contribution >= 0.6 is 0 Å². The van der Waals surface area contributed by atoms with Gasteiger partial charge in [0.2, 0.25) is 0 Å². The van der Waals surface area contributed by atoms with Gasteiger partial charge in [-0.25, -0.2) is 9.18 Å². The number of ether oxygens (including phenoxy) is 2. The summed E-state index contributed by atoms with van der Waals surface area (Å²) in [5.41, 5.74) is 6.12. The first-order chi connectivity index (χ1) is 18.8. The van der Waals surface area contributed by atoms with Crippen LogP contribution in [0.5, 0.6) is 5.75 Å². The average Bonchev–Trinajstić information content (AvgIpc) is 2.95. The highest BCUT2D eigenvalue weighted by atomic mass is 19.1. The minimum Gasteiger partial charge on any atom is -0.490 e. The van der Waals surface area contributed by atoms with Crippen LogP contribution in [-0.4, -0.2) is 42.6 Å². The summed E-state index contributed by atoms with van der Waals surface area (Å²) in [4.78, 5) is 11.4. The van der Waals surface area contributed by atoms with Gasteiger partial charge in [0, 0.05) is 30.3 Å². The van der Waals surface area contributed by atoms with E-state index in [2.05, 4.69) is 19.6 Å². The van der Waals surface area contributed by atoms with Crippen molar-refractivity contribution in [1.82, 2.24) is 0 Å². The molecule has 0 saturated heterocycles. The van der Waals surface area contributed by atoms with Crippen molar-refractivity contribution >= 4 is 5.97 Å². The molecule has 2 N–H and O–H groups in total.